The van der Waals surface area contributed by atoms with Crippen LogP contribution in [-0.4, -0.2) is 41.4 Å². The molecule has 0 aromatic heterocycles. The Balaban J connectivity index is 0.00000243. The molecule has 2 aromatic rings. The minimum absolute atomic E-state index is 0. The van der Waals surface area contributed by atoms with Crippen molar-refractivity contribution in [1.82, 2.24) is 0 Å². The molecule has 140 valence electrons. The zero-order valence-electron chi connectivity index (χ0n) is 15.7. The molecule has 0 spiro atoms. The van der Waals surface area contributed by atoms with Crippen LogP contribution in [0, 0.1) is 0 Å². The highest BCUT2D eigenvalue weighted by molar-refractivity contribution is 5.22. The molecule has 2 aromatic carbocycles. The van der Waals surface area contributed by atoms with Gasteiger partial charge in [-0.1, -0.05) is 67.2 Å². The standard InChI is InChI=1S/C23H30NO.HI/c1-3-16-24(2)17-10-15-22(24)23(25,18-20-11-6-4-7-12-20)19-21-13-8-5-9-14-21;/h3-9,11-14,22,25H,1,10,15-19H2,2H3;1H/q+1;/p-1. The van der Waals surface area contributed by atoms with Crippen molar-refractivity contribution in [2.24, 2.45) is 0 Å². The van der Waals surface area contributed by atoms with Crippen LogP contribution in [0.15, 0.2) is 73.3 Å². The van der Waals surface area contributed by atoms with Gasteiger partial charge in [-0.05, 0) is 17.2 Å². The predicted molar refractivity (Wildman–Crippen MR) is 104 cm³/mol. The smallest absolute Gasteiger partial charge is 0.124 e. The maximum atomic E-state index is 11.9. The van der Waals surface area contributed by atoms with Gasteiger partial charge in [0.05, 0.1) is 20.1 Å². The van der Waals surface area contributed by atoms with Crippen LogP contribution in [0.2, 0.25) is 0 Å². The molecular weight excluding hydrogens is 433 g/mol. The van der Waals surface area contributed by atoms with Gasteiger partial charge < -0.3 is 33.6 Å². The zero-order chi connectivity index (χ0) is 17.8. The van der Waals surface area contributed by atoms with Crippen LogP contribution in [0.25, 0.3) is 0 Å². The molecule has 1 N–H and O–H groups in total. The number of benzene rings is 2. The average Bonchev–Trinajstić information content (AvgIpc) is 2.99. The molecule has 3 heteroatoms. The molecule has 0 amide bonds. The van der Waals surface area contributed by atoms with Crippen molar-refractivity contribution in [3.8, 4) is 0 Å². The summed E-state index contributed by atoms with van der Waals surface area (Å²) >= 11 is 0. The zero-order valence-corrected chi connectivity index (χ0v) is 17.8. The molecule has 0 bridgehead atoms. The van der Waals surface area contributed by atoms with Gasteiger partial charge in [0, 0.05) is 25.7 Å². The number of likely N-dealkylation sites (N-methyl/N-ethyl adjacent to an activating group) is 1. The molecule has 1 aliphatic heterocycles. The van der Waals surface area contributed by atoms with Gasteiger partial charge in [0.25, 0.3) is 0 Å². The third kappa shape index (κ3) is 4.76. The molecule has 0 radical (unpaired) electrons. The van der Waals surface area contributed by atoms with E-state index >= 15 is 0 Å². The Labute approximate surface area is 175 Å². The SMILES string of the molecule is C=CC[N+]1(C)CCCC1C(O)(Cc1ccccc1)Cc1ccccc1.[I-]. The first kappa shape index (κ1) is 21.1. The minimum Gasteiger partial charge on any atom is -1.00 e. The second-order valence-corrected chi connectivity index (χ2v) is 7.76. The monoisotopic (exact) mass is 463 g/mol. The Morgan fingerprint density at radius 1 is 1.04 bits per heavy atom. The van der Waals surface area contributed by atoms with Crippen molar-refractivity contribution < 1.29 is 33.6 Å². The summed E-state index contributed by atoms with van der Waals surface area (Å²) < 4.78 is 0.889. The summed E-state index contributed by atoms with van der Waals surface area (Å²) in [5, 5.41) is 11.9. The van der Waals surface area contributed by atoms with E-state index in [4.69, 9.17) is 0 Å². The van der Waals surface area contributed by atoms with E-state index in [0.717, 1.165) is 24.0 Å². The first-order valence-electron chi connectivity index (χ1n) is 9.31. The highest BCUT2D eigenvalue weighted by Gasteiger charge is 2.50. The lowest BCUT2D eigenvalue weighted by atomic mass is 9.80. The molecule has 1 fully saturated rings. The second kappa shape index (κ2) is 9.16. The van der Waals surface area contributed by atoms with Gasteiger partial charge in [-0.25, -0.2) is 0 Å². The van der Waals surface area contributed by atoms with Gasteiger partial charge in [0.1, 0.15) is 11.6 Å². The Bertz CT molecular complexity index is 646. The Kier molecular flexibility index (Phi) is 7.44. The normalized spacial score (nSPS) is 22.6. The molecule has 26 heavy (non-hydrogen) atoms. The van der Waals surface area contributed by atoms with Gasteiger partial charge in [0.2, 0.25) is 0 Å². The minimum atomic E-state index is -0.753. The highest BCUT2D eigenvalue weighted by atomic mass is 127. The van der Waals surface area contributed by atoms with Crippen molar-refractivity contribution in [1.29, 1.82) is 0 Å². The van der Waals surface area contributed by atoms with Gasteiger partial charge in [-0.2, -0.15) is 0 Å². The number of halogens is 1. The van der Waals surface area contributed by atoms with Crippen molar-refractivity contribution in [2.45, 2.75) is 37.3 Å². The molecule has 1 heterocycles. The van der Waals surface area contributed by atoms with E-state index in [9.17, 15) is 5.11 Å². The van der Waals surface area contributed by atoms with E-state index in [0.29, 0.717) is 12.8 Å². The fraction of sp³-hybridized carbons (Fsp3) is 0.391. The number of nitrogens with zero attached hydrogens (tertiary/aromatic N) is 1. The molecule has 2 nitrogen and oxygen atoms in total. The summed E-state index contributed by atoms with van der Waals surface area (Å²) in [7, 11) is 2.28. The summed E-state index contributed by atoms with van der Waals surface area (Å²) in [5.74, 6) is 0. The number of aliphatic hydroxyl groups is 1. The van der Waals surface area contributed by atoms with Crippen LogP contribution in [0.3, 0.4) is 0 Å². The van der Waals surface area contributed by atoms with Gasteiger partial charge in [0.15, 0.2) is 0 Å². The van der Waals surface area contributed by atoms with Gasteiger partial charge >= 0.3 is 0 Å². The topological polar surface area (TPSA) is 20.2 Å². The maximum Gasteiger partial charge on any atom is 0.124 e. The van der Waals surface area contributed by atoms with E-state index < -0.39 is 5.60 Å². The van der Waals surface area contributed by atoms with Crippen molar-refractivity contribution >= 4 is 0 Å². The fourth-order valence-corrected chi connectivity index (χ4v) is 4.67. The van der Waals surface area contributed by atoms with E-state index in [1.165, 1.54) is 17.5 Å². The van der Waals surface area contributed by atoms with Crippen LogP contribution in [0.4, 0.5) is 0 Å². The number of hydrogen-bond acceptors (Lipinski definition) is 1. The van der Waals surface area contributed by atoms with Gasteiger partial charge in [-0.15, -0.1) is 0 Å². The summed E-state index contributed by atoms with van der Waals surface area (Å²) in [6.07, 6.45) is 5.63. The van der Waals surface area contributed by atoms with Gasteiger partial charge in [-0.3, -0.25) is 0 Å². The Morgan fingerprint density at radius 3 is 2.00 bits per heavy atom. The van der Waals surface area contributed by atoms with Crippen LogP contribution in [0.1, 0.15) is 24.0 Å². The van der Waals surface area contributed by atoms with Crippen LogP contribution in [0.5, 0.6) is 0 Å². The number of quaternary nitrogens is 1. The summed E-state index contributed by atoms with van der Waals surface area (Å²) in [4.78, 5) is 0. The molecule has 0 saturated carbocycles. The maximum absolute atomic E-state index is 11.9. The number of hydrogen-bond donors (Lipinski definition) is 1. The van der Waals surface area contributed by atoms with Crippen LogP contribution in [-0.2, 0) is 12.8 Å². The molecule has 3 rings (SSSR count). The van der Waals surface area contributed by atoms with E-state index in [2.05, 4.69) is 62.2 Å². The Morgan fingerprint density at radius 2 is 1.54 bits per heavy atom. The summed E-state index contributed by atoms with van der Waals surface area (Å²) in [5.41, 5.74) is 1.66. The van der Waals surface area contributed by atoms with E-state index in [1.807, 2.05) is 18.2 Å². The predicted octanol–water partition coefficient (Wildman–Crippen LogP) is 1.00. The average molecular weight is 463 g/mol. The number of rotatable bonds is 7. The fourth-order valence-electron chi connectivity index (χ4n) is 4.67. The molecule has 2 atom stereocenters. The van der Waals surface area contributed by atoms with E-state index in [1.54, 1.807) is 0 Å². The molecule has 2 unspecified atom stereocenters. The third-order valence-corrected chi connectivity index (χ3v) is 5.77. The van der Waals surface area contributed by atoms with Crippen molar-refractivity contribution in [2.75, 3.05) is 20.1 Å². The number of likely N-dealkylation sites (tertiary alicyclic amines) is 1. The third-order valence-electron chi connectivity index (χ3n) is 5.77. The second-order valence-electron chi connectivity index (χ2n) is 7.76. The van der Waals surface area contributed by atoms with Crippen molar-refractivity contribution in [3.05, 3.63) is 84.4 Å². The summed E-state index contributed by atoms with van der Waals surface area (Å²) in [6, 6.07) is 21.0. The lowest BCUT2D eigenvalue weighted by molar-refractivity contribution is -0.922. The quantitative estimate of drug-likeness (QED) is 0.369. The lowest BCUT2D eigenvalue weighted by Crippen LogP contribution is -3.00. The lowest BCUT2D eigenvalue weighted by Gasteiger charge is -2.44. The largest absolute Gasteiger partial charge is 1.00 e. The van der Waals surface area contributed by atoms with Crippen molar-refractivity contribution in [3.63, 3.8) is 0 Å². The molecular formula is C23H30INO. The molecule has 1 aliphatic rings. The summed E-state index contributed by atoms with van der Waals surface area (Å²) in [6.45, 7) is 5.98. The molecule has 0 aliphatic carbocycles. The van der Waals surface area contributed by atoms with E-state index in [-0.39, 0.29) is 30.0 Å². The van der Waals surface area contributed by atoms with Crippen LogP contribution >= 0.6 is 0 Å². The van der Waals surface area contributed by atoms with Crippen LogP contribution < -0.4 is 24.0 Å². The first-order valence-corrected chi connectivity index (χ1v) is 9.31. The highest BCUT2D eigenvalue weighted by Crippen LogP contribution is 2.37. The molecule has 1 saturated heterocycles. The Hall–Kier alpha value is -1.17. The first-order chi connectivity index (χ1) is 12.1.